The minimum absolute atomic E-state index is 0.0399. The lowest BCUT2D eigenvalue weighted by atomic mass is 9.85. The number of hydrogen-bond acceptors (Lipinski definition) is 4. The summed E-state index contributed by atoms with van der Waals surface area (Å²) in [6, 6.07) is 5.16. The Bertz CT molecular complexity index is 800. The van der Waals surface area contributed by atoms with Crippen molar-refractivity contribution in [2.45, 2.75) is 13.8 Å². The maximum Gasteiger partial charge on any atom is 0.238 e. The highest BCUT2D eigenvalue weighted by Crippen LogP contribution is 2.57. The van der Waals surface area contributed by atoms with Crippen LogP contribution in [0.25, 0.3) is 0 Å². The molecule has 5 heteroatoms. The zero-order valence-electron chi connectivity index (χ0n) is 14.8. The molecule has 1 saturated heterocycles. The van der Waals surface area contributed by atoms with E-state index in [-0.39, 0.29) is 35.5 Å². The third-order valence-corrected chi connectivity index (χ3v) is 5.62. The molecule has 130 valence electrons. The lowest BCUT2D eigenvalue weighted by Crippen LogP contribution is -2.33. The van der Waals surface area contributed by atoms with Gasteiger partial charge in [0, 0.05) is 17.9 Å². The van der Waals surface area contributed by atoms with E-state index in [4.69, 9.17) is 9.47 Å². The second-order valence-corrected chi connectivity index (χ2v) is 6.99. The number of hydrogen-bond donors (Lipinski definition) is 0. The van der Waals surface area contributed by atoms with Gasteiger partial charge in [0.05, 0.1) is 31.7 Å². The number of amides is 2. The van der Waals surface area contributed by atoms with Gasteiger partial charge in [0.1, 0.15) is 11.5 Å². The molecule has 5 nitrogen and oxygen atoms in total. The number of rotatable bonds is 3. The largest absolute Gasteiger partial charge is 0.497 e. The highest BCUT2D eigenvalue weighted by molar-refractivity contribution is 6.24. The molecule has 4 atom stereocenters. The third kappa shape index (κ3) is 2.01. The maximum absolute atomic E-state index is 13.2. The van der Waals surface area contributed by atoms with Crippen molar-refractivity contribution >= 4 is 17.5 Å². The second kappa shape index (κ2) is 5.48. The van der Waals surface area contributed by atoms with Gasteiger partial charge in [-0.15, -0.1) is 0 Å². The summed E-state index contributed by atoms with van der Waals surface area (Å²) >= 11 is 0. The zero-order chi connectivity index (χ0) is 17.9. The van der Waals surface area contributed by atoms with Gasteiger partial charge in [0.25, 0.3) is 0 Å². The summed E-state index contributed by atoms with van der Waals surface area (Å²) in [7, 11) is 3.09. The molecule has 0 aromatic heterocycles. The fourth-order valence-electron chi connectivity index (χ4n) is 4.64. The van der Waals surface area contributed by atoms with Crippen molar-refractivity contribution in [1.29, 1.82) is 0 Å². The Morgan fingerprint density at radius 3 is 2.04 bits per heavy atom. The van der Waals surface area contributed by atoms with Crippen LogP contribution in [0, 0.1) is 23.7 Å². The van der Waals surface area contributed by atoms with Gasteiger partial charge in [-0.05, 0) is 26.0 Å². The average Bonchev–Trinajstić information content (AvgIpc) is 3.24. The van der Waals surface area contributed by atoms with E-state index in [2.05, 4.69) is 26.0 Å². The van der Waals surface area contributed by atoms with Crippen molar-refractivity contribution in [2.75, 3.05) is 19.1 Å². The fourth-order valence-corrected chi connectivity index (χ4v) is 4.64. The van der Waals surface area contributed by atoms with Gasteiger partial charge in [-0.25, -0.2) is 4.90 Å². The Morgan fingerprint density at radius 2 is 1.56 bits per heavy atom. The van der Waals surface area contributed by atoms with Gasteiger partial charge in [-0.1, -0.05) is 23.3 Å². The van der Waals surface area contributed by atoms with E-state index < -0.39 is 0 Å². The van der Waals surface area contributed by atoms with Crippen molar-refractivity contribution < 1.29 is 19.1 Å². The van der Waals surface area contributed by atoms with Crippen molar-refractivity contribution in [3.63, 3.8) is 0 Å². The van der Waals surface area contributed by atoms with E-state index in [1.807, 2.05) is 0 Å². The fraction of sp³-hybridized carbons (Fsp3) is 0.400. The number of imide groups is 1. The monoisotopic (exact) mass is 339 g/mol. The molecular formula is C20H21NO4. The standard InChI is InChI=1S/C20H21NO4/c1-10(2)16-12-6-7-13(16)18-17(12)19(22)21(20(18)23)14-9-11(24-3)5-8-15(14)25-4/h5-9,12-13,17-18H,1-4H3/t12-,13+,17-,18-/m1/s1. The molecule has 1 heterocycles. The minimum atomic E-state index is -0.302. The Kier molecular flexibility index (Phi) is 3.49. The van der Waals surface area contributed by atoms with Gasteiger partial charge >= 0.3 is 0 Å². The SMILES string of the molecule is COc1ccc(OC)c(N2C(=O)[C@H]3[C@H](C2=O)[C@H]2C=C[C@@H]3C2=C(C)C)c1. The smallest absolute Gasteiger partial charge is 0.238 e. The Balaban J connectivity index is 1.79. The summed E-state index contributed by atoms with van der Waals surface area (Å²) in [4.78, 5) is 27.6. The molecule has 4 rings (SSSR count). The zero-order valence-corrected chi connectivity index (χ0v) is 14.8. The van der Waals surface area contributed by atoms with Crippen LogP contribution in [-0.4, -0.2) is 26.0 Å². The molecule has 0 N–H and O–H groups in total. The molecule has 3 aliphatic rings. The molecule has 2 bridgehead atoms. The summed E-state index contributed by atoms with van der Waals surface area (Å²) < 4.78 is 10.6. The van der Waals surface area contributed by atoms with E-state index in [1.165, 1.54) is 23.2 Å². The molecule has 2 fully saturated rings. The first-order chi connectivity index (χ1) is 12.0. The first kappa shape index (κ1) is 15.9. The molecule has 1 aromatic rings. The average molecular weight is 339 g/mol. The van der Waals surface area contributed by atoms with Crippen LogP contribution in [0.4, 0.5) is 5.69 Å². The summed E-state index contributed by atoms with van der Waals surface area (Å²) in [5.41, 5.74) is 2.92. The van der Waals surface area contributed by atoms with Crippen LogP contribution in [0.3, 0.4) is 0 Å². The van der Waals surface area contributed by atoms with Gasteiger partial charge in [-0.3, -0.25) is 9.59 Å². The predicted molar refractivity (Wildman–Crippen MR) is 93.5 cm³/mol. The summed E-state index contributed by atoms with van der Waals surface area (Å²) in [5, 5.41) is 0. The van der Waals surface area contributed by atoms with Crippen LogP contribution in [0.2, 0.25) is 0 Å². The normalized spacial score (nSPS) is 29.4. The quantitative estimate of drug-likeness (QED) is 0.627. The number of anilines is 1. The number of carbonyl (C=O) groups excluding carboxylic acids is 2. The molecule has 0 unspecified atom stereocenters. The predicted octanol–water partition coefficient (Wildman–Crippen LogP) is 2.96. The molecular weight excluding hydrogens is 318 g/mol. The van der Waals surface area contributed by atoms with Gasteiger partial charge in [0.2, 0.25) is 11.8 Å². The van der Waals surface area contributed by atoms with Crippen LogP contribution in [0.5, 0.6) is 11.5 Å². The van der Waals surface area contributed by atoms with Gasteiger partial charge in [-0.2, -0.15) is 0 Å². The molecule has 2 aliphatic carbocycles. The number of fused-ring (bicyclic) bond motifs is 5. The van der Waals surface area contributed by atoms with Crippen molar-refractivity contribution in [3.05, 3.63) is 41.5 Å². The Hall–Kier alpha value is -2.56. The van der Waals surface area contributed by atoms with Gasteiger partial charge < -0.3 is 9.47 Å². The first-order valence-electron chi connectivity index (χ1n) is 8.45. The molecule has 0 radical (unpaired) electrons. The topological polar surface area (TPSA) is 55.8 Å². The maximum atomic E-state index is 13.2. The lowest BCUT2D eigenvalue weighted by Gasteiger charge is -2.21. The number of benzene rings is 1. The van der Waals surface area contributed by atoms with E-state index >= 15 is 0 Å². The molecule has 2 amide bonds. The van der Waals surface area contributed by atoms with Crippen LogP contribution in [-0.2, 0) is 9.59 Å². The lowest BCUT2D eigenvalue weighted by molar-refractivity contribution is -0.123. The third-order valence-electron chi connectivity index (χ3n) is 5.62. The number of carbonyl (C=O) groups is 2. The molecule has 25 heavy (non-hydrogen) atoms. The second-order valence-electron chi connectivity index (χ2n) is 6.99. The molecule has 1 saturated carbocycles. The number of nitrogens with zero attached hydrogens (tertiary/aromatic N) is 1. The first-order valence-corrected chi connectivity index (χ1v) is 8.45. The minimum Gasteiger partial charge on any atom is -0.497 e. The van der Waals surface area contributed by atoms with Crippen LogP contribution < -0.4 is 14.4 Å². The van der Waals surface area contributed by atoms with Crippen LogP contribution >= 0.6 is 0 Å². The number of methoxy groups -OCH3 is 2. The van der Waals surface area contributed by atoms with Crippen LogP contribution in [0.1, 0.15) is 13.8 Å². The van der Waals surface area contributed by atoms with Gasteiger partial charge in [0.15, 0.2) is 0 Å². The summed E-state index contributed by atoms with van der Waals surface area (Å²) in [6.45, 7) is 4.11. The summed E-state index contributed by atoms with van der Waals surface area (Å²) in [6.07, 6.45) is 4.18. The molecule has 1 aromatic carbocycles. The summed E-state index contributed by atoms with van der Waals surface area (Å²) in [5.74, 6) is 0.266. The van der Waals surface area contributed by atoms with Crippen LogP contribution in [0.15, 0.2) is 41.5 Å². The van der Waals surface area contributed by atoms with E-state index in [1.54, 1.807) is 25.3 Å². The molecule has 1 aliphatic heterocycles. The van der Waals surface area contributed by atoms with Crippen molar-refractivity contribution in [1.82, 2.24) is 0 Å². The Morgan fingerprint density at radius 1 is 0.960 bits per heavy atom. The van der Waals surface area contributed by atoms with E-state index in [0.29, 0.717) is 17.2 Å². The van der Waals surface area contributed by atoms with E-state index in [0.717, 1.165) is 0 Å². The highest BCUT2D eigenvalue weighted by atomic mass is 16.5. The Labute approximate surface area is 146 Å². The highest BCUT2D eigenvalue weighted by Gasteiger charge is 2.62. The molecule has 0 spiro atoms. The van der Waals surface area contributed by atoms with E-state index in [9.17, 15) is 9.59 Å². The number of ether oxygens (including phenoxy) is 2. The van der Waals surface area contributed by atoms with Crippen molar-refractivity contribution in [2.24, 2.45) is 23.7 Å². The number of allylic oxidation sites excluding steroid dienone is 4. The van der Waals surface area contributed by atoms with Crippen molar-refractivity contribution in [3.8, 4) is 11.5 Å².